The van der Waals surface area contributed by atoms with Crippen LogP contribution in [0.3, 0.4) is 0 Å². The van der Waals surface area contributed by atoms with Gasteiger partial charge in [0, 0.05) is 32.8 Å². The minimum atomic E-state index is -0.186. The molecule has 1 saturated heterocycles. The quantitative estimate of drug-likeness (QED) is 0.306. The summed E-state index contributed by atoms with van der Waals surface area (Å²) in [6, 6.07) is 8.37. The maximum atomic E-state index is 5.49. The number of nitrogens with one attached hydrogen (secondary N) is 2. The molecule has 0 amide bonds. The zero-order chi connectivity index (χ0) is 20.6. The Balaban J connectivity index is 0.00000320. The van der Waals surface area contributed by atoms with E-state index in [4.69, 9.17) is 14.0 Å². The van der Waals surface area contributed by atoms with Gasteiger partial charge in [-0.2, -0.15) is 4.98 Å². The second-order valence-corrected chi connectivity index (χ2v) is 6.82. The van der Waals surface area contributed by atoms with Crippen molar-refractivity contribution in [3.8, 4) is 5.75 Å². The van der Waals surface area contributed by atoms with Crippen molar-refractivity contribution in [3.05, 3.63) is 36.0 Å². The Bertz CT molecular complexity index is 815. The van der Waals surface area contributed by atoms with E-state index in [1.54, 1.807) is 14.2 Å². The number of ether oxygens (including phenoxy) is 2. The molecule has 9 nitrogen and oxygen atoms in total. The highest BCUT2D eigenvalue weighted by atomic mass is 127. The zero-order valence-corrected chi connectivity index (χ0v) is 20.3. The number of anilines is 1. The van der Waals surface area contributed by atoms with E-state index in [2.05, 4.69) is 36.7 Å². The largest absolute Gasteiger partial charge is 0.495 e. The second-order valence-electron chi connectivity index (χ2n) is 6.82. The summed E-state index contributed by atoms with van der Waals surface area (Å²) in [6.07, 6.45) is 0.823. The third kappa shape index (κ3) is 6.21. The number of para-hydroxylation sites is 2. The highest BCUT2D eigenvalue weighted by Crippen LogP contribution is 2.30. The first kappa shape index (κ1) is 24.2. The minimum Gasteiger partial charge on any atom is -0.495 e. The average Bonchev–Trinajstić information content (AvgIpc) is 3.41. The summed E-state index contributed by atoms with van der Waals surface area (Å²) in [5, 5.41) is 10.7. The van der Waals surface area contributed by atoms with Gasteiger partial charge in [0.05, 0.1) is 19.3 Å². The van der Waals surface area contributed by atoms with Crippen LogP contribution in [0.2, 0.25) is 0 Å². The Labute approximate surface area is 194 Å². The summed E-state index contributed by atoms with van der Waals surface area (Å²) in [5.41, 5.74) is 1.11. The molecular formula is C20H31IN6O3. The van der Waals surface area contributed by atoms with E-state index in [9.17, 15) is 0 Å². The number of nitrogens with zero attached hydrogens (tertiary/aromatic N) is 4. The number of aromatic nitrogens is 2. The van der Waals surface area contributed by atoms with Crippen molar-refractivity contribution in [1.82, 2.24) is 20.8 Å². The number of hydrogen-bond acceptors (Lipinski definition) is 7. The highest BCUT2D eigenvalue weighted by Gasteiger charge is 2.25. The van der Waals surface area contributed by atoms with Gasteiger partial charge >= 0.3 is 0 Å². The smallest absolute Gasteiger partial charge is 0.246 e. The molecule has 2 atom stereocenters. The summed E-state index contributed by atoms with van der Waals surface area (Å²) in [5.74, 6) is 2.64. The summed E-state index contributed by atoms with van der Waals surface area (Å²) in [7, 11) is 3.45. The Morgan fingerprint density at radius 3 is 2.93 bits per heavy atom. The van der Waals surface area contributed by atoms with Gasteiger partial charge < -0.3 is 29.5 Å². The molecule has 0 aliphatic carbocycles. The Morgan fingerprint density at radius 2 is 2.20 bits per heavy atom. The molecule has 3 rings (SSSR count). The standard InChI is InChI=1S/C20H30N6O3.HI/c1-5-28-14(2)19-24-18(29-25-19)12-22-20(21-3)23-15-10-11-26(13-15)16-8-6-7-9-17(16)27-4;/h6-9,14-15H,5,10-13H2,1-4H3,(H2,21,22,23);1H. The van der Waals surface area contributed by atoms with Crippen molar-refractivity contribution in [3.63, 3.8) is 0 Å². The molecular weight excluding hydrogens is 499 g/mol. The van der Waals surface area contributed by atoms with Crippen LogP contribution in [0.1, 0.15) is 38.1 Å². The lowest BCUT2D eigenvalue weighted by atomic mass is 10.2. The number of hydrogen-bond donors (Lipinski definition) is 2. The van der Waals surface area contributed by atoms with Gasteiger partial charge in [0.15, 0.2) is 11.8 Å². The average molecular weight is 530 g/mol. The summed E-state index contributed by atoms with van der Waals surface area (Å²) >= 11 is 0. The molecule has 0 spiro atoms. The SMILES string of the molecule is CCOC(C)c1noc(CNC(=NC)NC2CCN(c3ccccc3OC)C2)n1.I. The van der Waals surface area contributed by atoms with E-state index in [1.165, 1.54) is 0 Å². The number of benzene rings is 1. The van der Waals surface area contributed by atoms with E-state index < -0.39 is 0 Å². The molecule has 2 heterocycles. The van der Waals surface area contributed by atoms with E-state index in [1.807, 2.05) is 32.0 Å². The van der Waals surface area contributed by atoms with Crippen LogP contribution < -0.4 is 20.3 Å². The topological polar surface area (TPSA) is 97.0 Å². The number of guanidine groups is 1. The van der Waals surface area contributed by atoms with Crippen molar-refractivity contribution in [2.24, 2.45) is 4.99 Å². The van der Waals surface area contributed by atoms with Crippen molar-refractivity contribution >= 4 is 35.6 Å². The molecule has 0 saturated carbocycles. The molecule has 30 heavy (non-hydrogen) atoms. The fourth-order valence-electron chi connectivity index (χ4n) is 3.36. The molecule has 10 heteroatoms. The maximum absolute atomic E-state index is 5.49. The Kier molecular flexibility index (Phi) is 9.63. The summed E-state index contributed by atoms with van der Waals surface area (Å²) in [4.78, 5) is 11.0. The summed E-state index contributed by atoms with van der Waals surface area (Å²) in [6.45, 7) is 6.67. The van der Waals surface area contributed by atoms with Gasteiger partial charge in [0.2, 0.25) is 5.89 Å². The van der Waals surface area contributed by atoms with Crippen LogP contribution in [-0.2, 0) is 11.3 Å². The van der Waals surface area contributed by atoms with E-state index in [-0.39, 0.29) is 36.1 Å². The van der Waals surface area contributed by atoms with Crippen LogP contribution in [0.15, 0.2) is 33.8 Å². The molecule has 2 aromatic rings. The van der Waals surface area contributed by atoms with Gasteiger partial charge in [-0.15, -0.1) is 24.0 Å². The van der Waals surface area contributed by atoms with Gasteiger partial charge in [0.1, 0.15) is 11.9 Å². The molecule has 1 fully saturated rings. The van der Waals surface area contributed by atoms with E-state index in [0.29, 0.717) is 30.8 Å². The fraction of sp³-hybridized carbons (Fsp3) is 0.550. The molecule has 2 unspecified atom stereocenters. The fourth-order valence-corrected chi connectivity index (χ4v) is 3.36. The van der Waals surface area contributed by atoms with Gasteiger partial charge in [-0.25, -0.2) is 0 Å². The molecule has 1 aromatic heterocycles. The first-order valence-corrected chi connectivity index (χ1v) is 9.93. The molecule has 2 N–H and O–H groups in total. The first-order valence-electron chi connectivity index (χ1n) is 9.93. The number of aliphatic imine (C=N–C) groups is 1. The Hall–Kier alpha value is -2.08. The van der Waals surface area contributed by atoms with Gasteiger partial charge in [-0.1, -0.05) is 17.3 Å². The second kappa shape index (κ2) is 11.9. The van der Waals surface area contributed by atoms with Crippen LogP contribution in [0.25, 0.3) is 0 Å². The lowest BCUT2D eigenvalue weighted by Crippen LogP contribution is -2.44. The van der Waals surface area contributed by atoms with Gasteiger partial charge in [0.25, 0.3) is 0 Å². The Morgan fingerprint density at radius 1 is 1.40 bits per heavy atom. The first-order chi connectivity index (χ1) is 14.1. The maximum Gasteiger partial charge on any atom is 0.246 e. The van der Waals surface area contributed by atoms with Crippen molar-refractivity contribution in [2.45, 2.75) is 39.0 Å². The highest BCUT2D eigenvalue weighted by molar-refractivity contribution is 14.0. The zero-order valence-electron chi connectivity index (χ0n) is 17.9. The van der Waals surface area contributed by atoms with Crippen LogP contribution in [0.4, 0.5) is 5.69 Å². The lowest BCUT2D eigenvalue weighted by molar-refractivity contribution is 0.0683. The van der Waals surface area contributed by atoms with Crippen LogP contribution in [-0.4, -0.2) is 56.0 Å². The monoisotopic (exact) mass is 530 g/mol. The third-order valence-corrected chi connectivity index (χ3v) is 4.85. The van der Waals surface area contributed by atoms with Crippen molar-refractivity contribution in [2.75, 3.05) is 38.8 Å². The summed E-state index contributed by atoms with van der Waals surface area (Å²) < 4.78 is 16.3. The van der Waals surface area contributed by atoms with Crippen LogP contribution >= 0.6 is 24.0 Å². The number of halogens is 1. The number of rotatable bonds is 8. The molecule has 1 aliphatic heterocycles. The third-order valence-electron chi connectivity index (χ3n) is 4.85. The predicted molar refractivity (Wildman–Crippen MR) is 127 cm³/mol. The van der Waals surface area contributed by atoms with Crippen LogP contribution in [0.5, 0.6) is 5.75 Å². The molecule has 166 valence electrons. The minimum absolute atomic E-state index is 0. The molecule has 1 aliphatic rings. The van der Waals surface area contributed by atoms with Crippen molar-refractivity contribution in [1.29, 1.82) is 0 Å². The van der Waals surface area contributed by atoms with Crippen molar-refractivity contribution < 1.29 is 14.0 Å². The number of methoxy groups -OCH3 is 1. The van der Waals surface area contributed by atoms with Crippen LogP contribution in [0, 0.1) is 0 Å². The molecule has 0 bridgehead atoms. The normalized spacial score (nSPS) is 17.4. The lowest BCUT2D eigenvalue weighted by Gasteiger charge is -2.22. The predicted octanol–water partition coefficient (Wildman–Crippen LogP) is 2.74. The van der Waals surface area contributed by atoms with Gasteiger partial charge in [-0.3, -0.25) is 4.99 Å². The molecule has 1 aromatic carbocycles. The van der Waals surface area contributed by atoms with Gasteiger partial charge in [-0.05, 0) is 32.4 Å². The van der Waals surface area contributed by atoms with E-state index in [0.717, 1.165) is 30.9 Å². The molecule has 0 radical (unpaired) electrons. The van der Waals surface area contributed by atoms with E-state index >= 15 is 0 Å².